The molecule has 0 amide bonds. The van der Waals surface area contributed by atoms with Crippen LogP contribution in [0.3, 0.4) is 0 Å². The second-order valence-electron chi connectivity index (χ2n) is 2.93. The van der Waals surface area contributed by atoms with Gasteiger partial charge < -0.3 is 14.6 Å². The van der Waals surface area contributed by atoms with E-state index < -0.39 is 29.8 Å². The molecular formula is C9H5F2NaO3. The quantitative estimate of drug-likeness (QED) is 0.400. The molecule has 0 aromatic heterocycles. The zero-order valence-electron chi connectivity index (χ0n) is 7.87. The summed E-state index contributed by atoms with van der Waals surface area (Å²) in [5, 5.41) is 10.3. The van der Waals surface area contributed by atoms with Crippen molar-refractivity contribution < 1.29 is 53.0 Å². The molecule has 0 N–H and O–H groups in total. The maximum absolute atomic E-state index is 13.0. The third-order valence-electron chi connectivity index (χ3n) is 2.01. The number of carboxylic acid groups (broad SMARTS) is 1. The number of hydrogen-bond donors (Lipinski definition) is 0. The van der Waals surface area contributed by atoms with Crippen molar-refractivity contribution in [2.75, 3.05) is 0 Å². The Hall–Kier alpha value is -0.490. The topological polar surface area (TPSA) is 52.7 Å². The van der Waals surface area contributed by atoms with Gasteiger partial charge in [-0.2, -0.15) is 0 Å². The molecule has 0 radical (unpaired) electrons. The summed E-state index contributed by atoms with van der Waals surface area (Å²) in [5.74, 6) is -3.07. The van der Waals surface area contributed by atoms with Gasteiger partial charge in [-0.3, -0.25) is 0 Å². The van der Waals surface area contributed by atoms with Crippen LogP contribution in [0.5, 0.6) is 0 Å². The molecule has 0 spiro atoms. The maximum Gasteiger partial charge on any atom is 1.00 e. The van der Waals surface area contributed by atoms with Crippen LogP contribution < -0.4 is 34.7 Å². The standard InChI is InChI=1S/C9H6F2O3.Na/c10-4-2-1-3-5(11)6(4)7-8(14-7)9(12)13;/h1-3,7-8H,(H,12,13);/q;+1/p-1/t7-,8+;/m0./s1. The van der Waals surface area contributed by atoms with Crippen molar-refractivity contribution in [3.05, 3.63) is 35.4 Å². The van der Waals surface area contributed by atoms with Crippen LogP contribution in [0.15, 0.2) is 18.2 Å². The fourth-order valence-electron chi connectivity index (χ4n) is 1.29. The SMILES string of the molecule is O=C([O-])[C@@H]1O[C@H]1c1c(F)cccc1F.[Na+]. The van der Waals surface area contributed by atoms with Crippen LogP contribution in [0.2, 0.25) is 0 Å². The van der Waals surface area contributed by atoms with Crippen molar-refractivity contribution in [3.63, 3.8) is 0 Å². The summed E-state index contributed by atoms with van der Waals surface area (Å²) in [6, 6.07) is 3.30. The van der Waals surface area contributed by atoms with Crippen molar-refractivity contribution >= 4 is 5.97 Å². The van der Waals surface area contributed by atoms with Crippen LogP contribution in [-0.4, -0.2) is 12.1 Å². The molecule has 1 saturated heterocycles. The molecule has 1 aromatic carbocycles. The first-order chi connectivity index (χ1) is 6.61. The number of hydrogen-bond acceptors (Lipinski definition) is 3. The van der Waals surface area contributed by atoms with E-state index in [9.17, 15) is 18.7 Å². The molecule has 3 nitrogen and oxygen atoms in total. The molecule has 0 bridgehead atoms. The van der Waals surface area contributed by atoms with Crippen molar-refractivity contribution in [2.45, 2.75) is 12.2 Å². The van der Waals surface area contributed by atoms with Crippen LogP contribution in [-0.2, 0) is 9.53 Å². The molecular weight excluding hydrogens is 217 g/mol. The molecule has 0 unspecified atom stereocenters. The van der Waals surface area contributed by atoms with Crippen LogP contribution >= 0.6 is 0 Å². The van der Waals surface area contributed by atoms with Crippen molar-refractivity contribution in [1.82, 2.24) is 0 Å². The predicted octanol–water partition coefficient (Wildman–Crippen LogP) is -2.84. The molecule has 1 aliphatic rings. The molecule has 2 atom stereocenters. The molecule has 1 aromatic rings. The Morgan fingerprint density at radius 1 is 1.33 bits per heavy atom. The Morgan fingerprint density at radius 3 is 2.27 bits per heavy atom. The number of carboxylic acids is 1. The van der Waals surface area contributed by atoms with Gasteiger partial charge in [-0.15, -0.1) is 0 Å². The predicted molar refractivity (Wildman–Crippen MR) is 39.0 cm³/mol. The molecule has 6 heteroatoms. The average molecular weight is 222 g/mol. The summed E-state index contributed by atoms with van der Waals surface area (Å²) in [6.07, 6.45) is -2.29. The van der Waals surface area contributed by atoms with Gasteiger partial charge in [-0.05, 0) is 12.1 Å². The van der Waals surface area contributed by atoms with Crippen molar-refractivity contribution in [3.8, 4) is 0 Å². The largest absolute Gasteiger partial charge is 1.00 e. The van der Waals surface area contributed by atoms with E-state index in [0.717, 1.165) is 12.1 Å². The number of ether oxygens (including phenoxy) is 1. The van der Waals surface area contributed by atoms with Gasteiger partial charge in [-0.25, -0.2) is 8.78 Å². The zero-order valence-corrected chi connectivity index (χ0v) is 9.87. The Balaban J connectivity index is 0.00000112. The molecule has 1 fully saturated rings. The van der Waals surface area contributed by atoms with Gasteiger partial charge in [0.25, 0.3) is 0 Å². The summed E-state index contributed by atoms with van der Waals surface area (Å²) in [6.45, 7) is 0. The second-order valence-corrected chi connectivity index (χ2v) is 2.93. The van der Waals surface area contributed by atoms with Gasteiger partial charge >= 0.3 is 29.6 Å². The smallest absolute Gasteiger partial charge is 0.547 e. The first-order valence-electron chi connectivity index (χ1n) is 3.91. The van der Waals surface area contributed by atoms with Crippen LogP contribution in [0.4, 0.5) is 8.78 Å². The summed E-state index contributed by atoms with van der Waals surface area (Å²) in [4.78, 5) is 10.3. The van der Waals surface area contributed by atoms with Crippen molar-refractivity contribution in [2.24, 2.45) is 0 Å². The minimum absolute atomic E-state index is 0. The normalized spacial score (nSPS) is 23.1. The maximum atomic E-state index is 13.0. The van der Waals surface area contributed by atoms with Gasteiger partial charge in [0.15, 0.2) is 0 Å². The van der Waals surface area contributed by atoms with Gasteiger partial charge in [0.2, 0.25) is 0 Å². The molecule has 2 rings (SSSR count). The number of benzene rings is 1. The molecule has 0 saturated carbocycles. The molecule has 1 aliphatic heterocycles. The number of aliphatic carboxylic acids is 1. The van der Waals surface area contributed by atoms with Crippen LogP contribution in [0, 0.1) is 11.6 Å². The van der Waals surface area contributed by atoms with E-state index in [-0.39, 0.29) is 35.1 Å². The van der Waals surface area contributed by atoms with E-state index in [1.807, 2.05) is 0 Å². The van der Waals surface area contributed by atoms with E-state index in [2.05, 4.69) is 4.74 Å². The van der Waals surface area contributed by atoms with Crippen LogP contribution in [0.25, 0.3) is 0 Å². The van der Waals surface area contributed by atoms with Gasteiger partial charge in [0, 0.05) is 0 Å². The monoisotopic (exact) mass is 222 g/mol. The van der Waals surface area contributed by atoms with E-state index in [0.29, 0.717) is 0 Å². The summed E-state index contributed by atoms with van der Waals surface area (Å²) in [5.41, 5.74) is -0.346. The van der Waals surface area contributed by atoms with E-state index >= 15 is 0 Å². The van der Waals surface area contributed by atoms with Gasteiger partial charge in [-0.1, -0.05) is 6.07 Å². The Labute approximate surface area is 106 Å². The summed E-state index contributed by atoms with van der Waals surface area (Å²) < 4.78 is 30.7. The fraction of sp³-hybridized carbons (Fsp3) is 0.222. The summed E-state index contributed by atoms with van der Waals surface area (Å²) in [7, 11) is 0. The number of carbonyl (C=O) groups excluding carboxylic acids is 1. The number of halogens is 2. The first-order valence-corrected chi connectivity index (χ1v) is 3.91. The first kappa shape index (κ1) is 12.6. The minimum Gasteiger partial charge on any atom is -0.547 e. The third-order valence-corrected chi connectivity index (χ3v) is 2.01. The zero-order chi connectivity index (χ0) is 10.3. The van der Waals surface area contributed by atoms with E-state index in [1.165, 1.54) is 6.07 Å². The van der Waals surface area contributed by atoms with Gasteiger partial charge in [0.1, 0.15) is 23.8 Å². The average Bonchev–Trinajstić information content (AvgIpc) is 2.83. The number of epoxide rings is 1. The summed E-state index contributed by atoms with van der Waals surface area (Å²) >= 11 is 0. The fourth-order valence-corrected chi connectivity index (χ4v) is 1.29. The molecule has 74 valence electrons. The second kappa shape index (κ2) is 4.57. The number of carbonyl (C=O) groups is 1. The Kier molecular flexibility index (Phi) is 3.83. The third kappa shape index (κ3) is 2.36. The van der Waals surface area contributed by atoms with E-state index in [1.54, 1.807) is 0 Å². The Morgan fingerprint density at radius 2 is 1.87 bits per heavy atom. The van der Waals surface area contributed by atoms with Gasteiger partial charge in [0.05, 0.1) is 11.5 Å². The molecule has 0 aliphatic carbocycles. The van der Waals surface area contributed by atoms with E-state index in [4.69, 9.17) is 0 Å². The molecule has 15 heavy (non-hydrogen) atoms. The minimum atomic E-state index is -1.46. The molecule has 1 heterocycles. The Bertz CT molecular complexity index is 377. The van der Waals surface area contributed by atoms with Crippen molar-refractivity contribution in [1.29, 1.82) is 0 Å². The van der Waals surface area contributed by atoms with Crippen LogP contribution in [0.1, 0.15) is 11.7 Å². The number of rotatable bonds is 2.